The van der Waals surface area contributed by atoms with Gasteiger partial charge < -0.3 is 5.11 Å². The van der Waals surface area contributed by atoms with Crippen molar-refractivity contribution < 1.29 is 5.11 Å². The highest BCUT2D eigenvalue weighted by molar-refractivity contribution is 5.31. The average Bonchev–Trinajstić information content (AvgIpc) is 2.86. The fourth-order valence-corrected chi connectivity index (χ4v) is 2.59. The first-order valence-electron chi connectivity index (χ1n) is 5.09. The van der Waals surface area contributed by atoms with Crippen LogP contribution in [0.15, 0.2) is 24.3 Å². The van der Waals surface area contributed by atoms with Gasteiger partial charge in [0.05, 0.1) is 6.10 Å². The predicted molar refractivity (Wildman–Crippen MR) is 51.5 cm³/mol. The van der Waals surface area contributed by atoms with Crippen LogP contribution in [0.3, 0.4) is 0 Å². The van der Waals surface area contributed by atoms with E-state index in [-0.39, 0.29) is 6.10 Å². The highest BCUT2D eigenvalue weighted by Crippen LogP contribution is 2.46. The Morgan fingerprint density at radius 1 is 1.08 bits per heavy atom. The van der Waals surface area contributed by atoms with Crippen LogP contribution in [0.2, 0.25) is 0 Å². The Morgan fingerprint density at radius 3 is 2.54 bits per heavy atom. The Hall–Kier alpha value is -0.820. The summed E-state index contributed by atoms with van der Waals surface area (Å²) in [6.07, 6.45) is 3.23. The zero-order valence-corrected chi connectivity index (χ0v) is 7.61. The largest absolute Gasteiger partial charge is 0.392 e. The molecule has 1 aromatic carbocycles. The van der Waals surface area contributed by atoms with E-state index in [0.717, 1.165) is 12.3 Å². The van der Waals surface area contributed by atoms with Crippen molar-refractivity contribution in [2.45, 2.75) is 25.4 Å². The first-order chi connectivity index (χ1) is 6.34. The molecule has 68 valence electrons. The van der Waals surface area contributed by atoms with Gasteiger partial charge in [-0.2, -0.15) is 0 Å². The van der Waals surface area contributed by atoms with Gasteiger partial charge in [0, 0.05) is 0 Å². The van der Waals surface area contributed by atoms with Gasteiger partial charge in [-0.3, -0.25) is 0 Å². The second-order valence-electron chi connectivity index (χ2n) is 4.40. The summed E-state index contributed by atoms with van der Waals surface area (Å²) in [5.41, 5.74) is 2.83. The van der Waals surface area contributed by atoms with Gasteiger partial charge in [-0.25, -0.2) is 0 Å². The molecule has 3 atom stereocenters. The molecular weight excluding hydrogens is 160 g/mol. The number of benzene rings is 1. The monoisotopic (exact) mass is 174 g/mol. The SMILES string of the molecule is O[C@H]1Cc2ccccc2C[C@@H]2C[C@@H]21. The highest BCUT2D eigenvalue weighted by atomic mass is 16.3. The molecule has 13 heavy (non-hydrogen) atoms. The molecule has 0 aromatic heterocycles. The van der Waals surface area contributed by atoms with Crippen molar-refractivity contribution in [3.8, 4) is 0 Å². The molecule has 1 nitrogen and oxygen atoms in total. The number of fused-ring (bicyclic) bond motifs is 2. The molecule has 0 spiro atoms. The van der Waals surface area contributed by atoms with Gasteiger partial charge in [0.1, 0.15) is 0 Å². The van der Waals surface area contributed by atoms with Crippen LogP contribution in [-0.4, -0.2) is 11.2 Å². The van der Waals surface area contributed by atoms with Crippen LogP contribution in [0.4, 0.5) is 0 Å². The lowest BCUT2D eigenvalue weighted by atomic mass is 10.0. The second kappa shape index (κ2) is 2.58. The zero-order chi connectivity index (χ0) is 8.84. The number of aliphatic hydroxyl groups is 1. The van der Waals surface area contributed by atoms with Gasteiger partial charge in [-0.1, -0.05) is 24.3 Å². The quantitative estimate of drug-likeness (QED) is 0.635. The molecule has 2 aliphatic carbocycles. The van der Waals surface area contributed by atoms with Crippen molar-refractivity contribution in [2.24, 2.45) is 11.8 Å². The zero-order valence-electron chi connectivity index (χ0n) is 7.61. The van der Waals surface area contributed by atoms with E-state index >= 15 is 0 Å². The van der Waals surface area contributed by atoms with Crippen molar-refractivity contribution in [2.75, 3.05) is 0 Å². The van der Waals surface area contributed by atoms with Gasteiger partial charge >= 0.3 is 0 Å². The maximum absolute atomic E-state index is 9.85. The first kappa shape index (κ1) is 7.57. The molecule has 0 unspecified atom stereocenters. The molecule has 1 N–H and O–H groups in total. The summed E-state index contributed by atoms with van der Waals surface area (Å²) >= 11 is 0. The van der Waals surface area contributed by atoms with E-state index in [1.54, 1.807) is 0 Å². The lowest BCUT2D eigenvalue weighted by Gasteiger charge is -2.09. The molecular formula is C12H14O. The Morgan fingerprint density at radius 2 is 1.77 bits per heavy atom. The molecule has 2 aliphatic rings. The third-order valence-corrected chi connectivity index (χ3v) is 3.50. The van der Waals surface area contributed by atoms with E-state index in [4.69, 9.17) is 0 Å². The van der Waals surface area contributed by atoms with Crippen LogP contribution < -0.4 is 0 Å². The first-order valence-corrected chi connectivity index (χ1v) is 5.09. The summed E-state index contributed by atoms with van der Waals surface area (Å²) in [6.45, 7) is 0. The van der Waals surface area contributed by atoms with Gasteiger partial charge in [-0.05, 0) is 42.2 Å². The maximum Gasteiger partial charge on any atom is 0.0611 e. The molecule has 1 saturated carbocycles. The molecule has 0 saturated heterocycles. The van der Waals surface area contributed by atoms with Crippen LogP contribution in [0.25, 0.3) is 0 Å². The van der Waals surface area contributed by atoms with Crippen LogP contribution in [0, 0.1) is 11.8 Å². The van der Waals surface area contributed by atoms with Crippen LogP contribution in [0.5, 0.6) is 0 Å². The molecule has 0 bridgehead atoms. The number of hydrogen-bond donors (Lipinski definition) is 1. The fourth-order valence-electron chi connectivity index (χ4n) is 2.59. The van der Waals surface area contributed by atoms with Crippen molar-refractivity contribution in [1.29, 1.82) is 0 Å². The maximum atomic E-state index is 9.85. The number of hydrogen-bond acceptors (Lipinski definition) is 1. The van der Waals surface area contributed by atoms with Gasteiger partial charge in [0.2, 0.25) is 0 Å². The van der Waals surface area contributed by atoms with Crippen molar-refractivity contribution in [1.82, 2.24) is 0 Å². The van der Waals surface area contributed by atoms with Crippen LogP contribution >= 0.6 is 0 Å². The molecule has 1 aromatic rings. The topological polar surface area (TPSA) is 20.2 Å². The van der Waals surface area contributed by atoms with E-state index in [9.17, 15) is 5.11 Å². The Balaban J connectivity index is 2.00. The van der Waals surface area contributed by atoms with E-state index in [0.29, 0.717) is 5.92 Å². The average molecular weight is 174 g/mol. The number of aliphatic hydroxyl groups excluding tert-OH is 1. The standard InChI is InChI=1S/C12H14O/c13-12-7-9-4-2-1-3-8(9)5-10-6-11(10)12/h1-4,10-13H,5-7H2/t10-,11+,12+/m1/s1. The third-order valence-electron chi connectivity index (χ3n) is 3.50. The Labute approximate surface area is 78.4 Å². The van der Waals surface area contributed by atoms with Gasteiger partial charge in [0.25, 0.3) is 0 Å². The summed E-state index contributed by atoms with van der Waals surface area (Å²) < 4.78 is 0. The molecule has 0 heterocycles. The lowest BCUT2D eigenvalue weighted by Crippen LogP contribution is -2.12. The van der Waals surface area contributed by atoms with E-state index in [1.165, 1.54) is 24.0 Å². The van der Waals surface area contributed by atoms with Crippen molar-refractivity contribution in [3.05, 3.63) is 35.4 Å². The molecule has 1 heteroatoms. The van der Waals surface area contributed by atoms with E-state index in [1.807, 2.05) is 0 Å². The molecule has 0 radical (unpaired) electrons. The minimum Gasteiger partial charge on any atom is -0.392 e. The summed E-state index contributed by atoms with van der Waals surface area (Å²) in [7, 11) is 0. The summed E-state index contributed by atoms with van der Waals surface area (Å²) in [6, 6.07) is 8.54. The molecule has 0 aliphatic heterocycles. The normalized spacial score (nSPS) is 35.9. The minimum atomic E-state index is -0.0753. The molecule has 0 amide bonds. The summed E-state index contributed by atoms with van der Waals surface area (Å²) in [5.74, 6) is 1.38. The summed E-state index contributed by atoms with van der Waals surface area (Å²) in [4.78, 5) is 0. The minimum absolute atomic E-state index is 0.0753. The van der Waals surface area contributed by atoms with Crippen LogP contribution in [0.1, 0.15) is 17.5 Å². The predicted octanol–water partition coefficient (Wildman–Crippen LogP) is 1.78. The molecule has 3 rings (SSSR count). The molecule has 1 fully saturated rings. The van der Waals surface area contributed by atoms with Crippen molar-refractivity contribution >= 4 is 0 Å². The van der Waals surface area contributed by atoms with Gasteiger partial charge in [-0.15, -0.1) is 0 Å². The van der Waals surface area contributed by atoms with Crippen molar-refractivity contribution in [3.63, 3.8) is 0 Å². The van der Waals surface area contributed by atoms with E-state index < -0.39 is 0 Å². The second-order valence-corrected chi connectivity index (χ2v) is 4.40. The van der Waals surface area contributed by atoms with E-state index in [2.05, 4.69) is 24.3 Å². The Bertz CT molecular complexity index is 317. The lowest BCUT2D eigenvalue weighted by molar-refractivity contribution is 0.147. The fraction of sp³-hybridized carbons (Fsp3) is 0.500. The van der Waals surface area contributed by atoms with Crippen LogP contribution in [-0.2, 0) is 12.8 Å². The smallest absolute Gasteiger partial charge is 0.0611 e. The highest BCUT2D eigenvalue weighted by Gasteiger charge is 2.44. The Kier molecular flexibility index (Phi) is 1.50. The number of rotatable bonds is 0. The summed E-state index contributed by atoms with van der Waals surface area (Å²) in [5, 5.41) is 9.85. The third kappa shape index (κ3) is 1.19. The van der Waals surface area contributed by atoms with Gasteiger partial charge in [0.15, 0.2) is 0 Å².